The Hall–Kier alpha value is -9.24. The molecule has 0 N–H and O–H groups in total. The number of rotatable bonds is 4. The van der Waals surface area contributed by atoms with Crippen LogP contribution < -0.4 is 9.80 Å². The summed E-state index contributed by atoms with van der Waals surface area (Å²) in [4.78, 5) is 5.00. The fraction of sp³-hybridized carbons (Fsp3) is 0.0286. The maximum atomic E-state index is 2.50. The zero-order valence-corrected chi connectivity index (χ0v) is 39.4. The third kappa shape index (κ3) is 5.66. The van der Waals surface area contributed by atoms with Gasteiger partial charge in [0.05, 0.1) is 0 Å². The molecule has 14 aromatic rings. The first kappa shape index (κ1) is 39.6. The lowest BCUT2D eigenvalue weighted by molar-refractivity contribution is 1.09. The molecule has 0 unspecified atom stereocenters. The first-order valence-corrected chi connectivity index (χ1v) is 25.2. The van der Waals surface area contributed by atoms with Gasteiger partial charge in [0.15, 0.2) is 0 Å². The summed E-state index contributed by atoms with van der Waals surface area (Å²) in [7, 11) is 0. The number of anilines is 6. The van der Waals surface area contributed by atoms with E-state index in [1.165, 1.54) is 143 Å². The molecule has 2 heteroatoms. The van der Waals surface area contributed by atoms with E-state index in [0.717, 1.165) is 24.2 Å². The van der Waals surface area contributed by atoms with Gasteiger partial charge in [-0.3, -0.25) is 0 Å². The van der Waals surface area contributed by atoms with Crippen molar-refractivity contribution in [2.45, 2.75) is 12.8 Å². The number of para-hydroxylation sites is 4. The monoisotopic (exact) mass is 912 g/mol. The molecule has 72 heavy (non-hydrogen) atoms. The van der Waals surface area contributed by atoms with Crippen molar-refractivity contribution < 1.29 is 0 Å². The van der Waals surface area contributed by atoms with E-state index in [-0.39, 0.29) is 0 Å². The number of nitrogens with zero attached hydrogens (tertiary/aromatic N) is 2. The molecule has 0 saturated heterocycles. The molecular formula is C70H44N2. The lowest BCUT2D eigenvalue weighted by atomic mass is 9.82. The molecular weight excluding hydrogens is 869 g/mol. The SMILES string of the molecule is c1ccc2c(c1)Cc1ccccc1N2c1ccc2c(-c3ccc4c5cccc6cccc(c7cccc3c74)c65)c3cc(N4c5ccccc5Cc5ccccc54)ccc3c(-c3ccc4ccccc4c3)c2c1. The second kappa shape index (κ2) is 15.1. The van der Waals surface area contributed by atoms with Gasteiger partial charge in [0.25, 0.3) is 0 Å². The van der Waals surface area contributed by atoms with Crippen molar-refractivity contribution in [1.82, 2.24) is 0 Å². The maximum Gasteiger partial charge on any atom is 0.0497 e. The Labute approximate surface area is 417 Å². The fourth-order valence-electron chi connectivity index (χ4n) is 13.0. The highest BCUT2D eigenvalue weighted by molar-refractivity contribution is 6.35. The van der Waals surface area contributed by atoms with Crippen LogP contribution in [0.15, 0.2) is 243 Å². The van der Waals surface area contributed by atoms with Crippen LogP contribution in [-0.2, 0) is 12.8 Å². The average Bonchev–Trinajstić information content (AvgIpc) is 3.44. The largest absolute Gasteiger partial charge is 0.310 e. The van der Waals surface area contributed by atoms with E-state index in [2.05, 4.69) is 252 Å². The molecule has 14 aromatic carbocycles. The molecule has 0 spiro atoms. The first-order valence-electron chi connectivity index (χ1n) is 25.2. The van der Waals surface area contributed by atoms with Crippen molar-refractivity contribution in [2.24, 2.45) is 0 Å². The summed E-state index contributed by atoms with van der Waals surface area (Å²) in [5.74, 6) is 0. The summed E-state index contributed by atoms with van der Waals surface area (Å²) in [6, 6.07) is 91.6. The Bertz CT molecular complexity index is 4460. The van der Waals surface area contributed by atoms with E-state index in [9.17, 15) is 0 Å². The second-order valence-corrected chi connectivity index (χ2v) is 19.9. The van der Waals surface area contributed by atoms with Crippen molar-refractivity contribution in [3.63, 3.8) is 0 Å². The molecule has 334 valence electrons. The van der Waals surface area contributed by atoms with E-state index < -0.39 is 0 Å². The quantitative estimate of drug-likeness (QED) is 0.128. The normalized spacial score (nSPS) is 13.1. The van der Waals surface area contributed by atoms with Gasteiger partial charge in [-0.2, -0.15) is 0 Å². The summed E-state index contributed by atoms with van der Waals surface area (Å²) in [5, 5.41) is 17.7. The highest BCUT2D eigenvalue weighted by Crippen LogP contribution is 2.53. The average molecular weight is 913 g/mol. The number of hydrogen-bond donors (Lipinski definition) is 0. The summed E-state index contributed by atoms with van der Waals surface area (Å²) in [6.07, 6.45) is 1.82. The fourth-order valence-corrected chi connectivity index (χ4v) is 13.0. The minimum atomic E-state index is 0.907. The molecule has 0 bridgehead atoms. The van der Waals surface area contributed by atoms with Crippen LogP contribution in [0.5, 0.6) is 0 Å². The predicted octanol–water partition coefficient (Wildman–Crippen LogP) is 19.3. The number of hydrogen-bond acceptors (Lipinski definition) is 2. The molecule has 2 heterocycles. The molecule has 2 nitrogen and oxygen atoms in total. The molecule has 16 rings (SSSR count). The lowest BCUT2D eigenvalue weighted by Crippen LogP contribution is -2.18. The van der Waals surface area contributed by atoms with Gasteiger partial charge in [-0.05, 0) is 175 Å². The molecule has 0 aromatic heterocycles. The van der Waals surface area contributed by atoms with Gasteiger partial charge in [0.2, 0.25) is 0 Å². The lowest BCUT2D eigenvalue weighted by Gasteiger charge is -2.34. The topological polar surface area (TPSA) is 6.48 Å². The highest BCUT2D eigenvalue weighted by Gasteiger charge is 2.29. The molecule has 0 saturated carbocycles. The smallest absolute Gasteiger partial charge is 0.0497 e. The Balaban J connectivity index is 1.06. The van der Waals surface area contributed by atoms with Gasteiger partial charge in [-0.25, -0.2) is 0 Å². The van der Waals surface area contributed by atoms with Crippen molar-refractivity contribution in [2.75, 3.05) is 9.80 Å². The van der Waals surface area contributed by atoms with E-state index in [0.29, 0.717) is 0 Å². The van der Waals surface area contributed by atoms with Gasteiger partial charge < -0.3 is 9.80 Å². The van der Waals surface area contributed by atoms with E-state index >= 15 is 0 Å². The summed E-state index contributed by atoms with van der Waals surface area (Å²) in [5.41, 5.74) is 17.5. The van der Waals surface area contributed by atoms with Gasteiger partial charge in [-0.1, -0.05) is 188 Å². The van der Waals surface area contributed by atoms with Crippen molar-refractivity contribution in [3.05, 3.63) is 265 Å². The van der Waals surface area contributed by atoms with Gasteiger partial charge in [-0.15, -0.1) is 0 Å². The first-order chi connectivity index (χ1) is 35.7. The highest BCUT2D eigenvalue weighted by atomic mass is 15.2. The molecule has 2 aliphatic heterocycles. The van der Waals surface area contributed by atoms with Crippen LogP contribution in [0.3, 0.4) is 0 Å². The third-order valence-corrected chi connectivity index (χ3v) is 16.1. The number of fused-ring (bicyclic) bond motifs is 9. The Morgan fingerprint density at radius 2 is 0.681 bits per heavy atom. The molecule has 0 atom stereocenters. The van der Waals surface area contributed by atoms with Crippen molar-refractivity contribution >= 4 is 110 Å². The van der Waals surface area contributed by atoms with Gasteiger partial charge in [0.1, 0.15) is 0 Å². The van der Waals surface area contributed by atoms with E-state index in [1.807, 2.05) is 0 Å². The minimum absolute atomic E-state index is 0.907. The molecule has 0 radical (unpaired) electrons. The summed E-state index contributed by atoms with van der Waals surface area (Å²) >= 11 is 0. The molecule has 0 aliphatic carbocycles. The molecule has 2 aliphatic rings. The Morgan fingerprint density at radius 1 is 0.250 bits per heavy atom. The zero-order valence-electron chi connectivity index (χ0n) is 39.4. The van der Waals surface area contributed by atoms with Crippen LogP contribution in [0.2, 0.25) is 0 Å². The Kier molecular flexibility index (Phi) is 8.32. The van der Waals surface area contributed by atoms with Crippen LogP contribution in [0.25, 0.3) is 97.7 Å². The summed E-state index contributed by atoms with van der Waals surface area (Å²) in [6.45, 7) is 0. The van der Waals surface area contributed by atoms with E-state index in [4.69, 9.17) is 0 Å². The van der Waals surface area contributed by atoms with Crippen LogP contribution in [0, 0.1) is 0 Å². The van der Waals surface area contributed by atoms with Crippen LogP contribution in [-0.4, -0.2) is 0 Å². The molecule has 0 fully saturated rings. The van der Waals surface area contributed by atoms with Crippen molar-refractivity contribution in [3.8, 4) is 22.3 Å². The standard InChI is InChI=1S/C70H44N2/c1-2-15-45-38-50(31-30-43(45)14-1)68-59-34-32-52(72-65-28-9-5-18-48(65)40-49-19-6-10-29-66(49)72)42-62(59)70(58-37-36-57-54-23-12-21-44-20-11-22-53(67(44)54)55-24-13-25-56(58)69(55)57)60-35-33-51(41-61(60)68)71-63-26-7-3-16-46(63)39-47-17-4-8-27-64(47)71/h1-38,41-42H,39-40H2. The van der Waals surface area contributed by atoms with Crippen LogP contribution in [0.1, 0.15) is 22.3 Å². The number of benzene rings is 14. The van der Waals surface area contributed by atoms with Crippen LogP contribution in [0.4, 0.5) is 34.1 Å². The van der Waals surface area contributed by atoms with Gasteiger partial charge >= 0.3 is 0 Å². The van der Waals surface area contributed by atoms with Gasteiger partial charge in [0, 0.05) is 47.0 Å². The van der Waals surface area contributed by atoms with Crippen LogP contribution >= 0.6 is 0 Å². The maximum absolute atomic E-state index is 2.50. The van der Waals surface area contributed by atoms with Crippen molar-refractivity contribution in [1.29, 1.82) is 0 Å². The second-order valence-electron chi connectivity index (χ2n) is 19.9. The minimum Gasteiger partial charge on any atom is -0.310 e. The molecule has 0 amide bonds. The zero-order chi connectivity index (χ0) is 47.0. The predicted molar refractivity (Wildman–Crippen MR) is 306 cm³/mol. The summed E-state index contributed by atoms with van der Waals surface area (Å²) < 4.78 is 0. The Morgan fingerprint density at radius 3 is 1.26 bits per heavy atom. The van der Waals surface area contributed by atoms with E-state index in [1.54, 1.807) is 0 Å². The third-order valence-electron chi connectivity index (χ3n) is 16.1.